The number of hydrazine groups is 1. The Labute approximate surface area is 85.7 Å². The van der Waals surface area contributed by atoms with Crippen LogP contribution in [0.3, 0.4) is 0 Å². The second kappa shape index (κ2) is 3.91. The van der Waals surface area contributed by atoms with Crippen LogP contribution >= 0.6 is 11.3 Å². The van der Waals surface area contributed by atoms with Gasteiger partial charge in [-0.2, -0.15) is 0 Å². The molecule has 0 saturated carbocycles. The molecule has 2 aromatic rings. The van der Waals surface area contributed by atoms with Gasteiger partial charge in [-0.25, -0.2) is 10.4 Å². The fourth-order valence-electron chi connectivity index (χ4n) is 1.27. The summed E-state index contributed by atoms with van der Waals surface area (Å²) in [5.74, 6) is 6.28. The average molecular weight is 209 g/mol. The summed E-state index contributed by atoms with van der Waals surface area (Å²) < 4.78 is 5.29. The zero-order valence-electron chi connectivity index (χ0n) is 7.73. The third-order valence-electron chi connectivity index (χ3n) is 1.92. The molecule has 1 unspecified atom stereocenters. The van der Waals surface area contributed by atoms with E-state index in [2.05, 4.69) is 10.4 Å². The second-order valence-corrected chi connectivity index (χ2v) is 4.16. The normalized spacial score (nSPS) is 13.0. The van der Waals surface area contributed by atoms with E-state index < -0.39 is 0 Å². The van der Waals surface area contributed by atoms with E-state index in [1.165, 1.54) is 0 Å². The first-order valence-corrected chi connectivity index (χ1v) is 5.05. The van der Waals surface area contributed by atoms with E-state index in [4.69, 9.17) is 10.3 Å². The van der Waals surface area contributed by atoms with Crippen molar-refractivity contribution in [3.05, 3.63) is 40.2 Å². The van der Waals surface area contributed by atoms with Gasteiger partial charge in [-0.05, 0) is 19.1 Å². The Morgan fingerprint density at radius 3 is 3.00 bits per heavy atom. The third kappa shape index (κ3) is 1.70. The van der Waals surface area contributed by atoms with Crippen molar-refractivity contribution in [3.8, 4) is 0 Å². The molecule has 2 heterocycles. The maximum absolute atomic E-state index is 5.47. The molecule has 0 aliphatic heterocycles. The maximum atomic E-state index is 5.47. The first kappa shape index (κ1) is 9.39. The summed E-state index contributed by atoms with van der Waals surface area (Å²) in [6.07, 6.45) is 3.45. The van der Waals surface area contributed by atoms with Gasteiger partial charge in [0.05, 0.1) is 16.1 Å². The van der Waals surface area contributed by atoms with Gasteiger partial charge >= 0.3 is 0 Å². The highest BCUT2D eigenvalue weighted by Gasteiger charge is 2.16. The van der Waals surface area contributed by atoms with Crippen molar-refractivity contribution in [2.45, 2.75) is 13.0 Å². The summed E-state index contributed by atoms with van der Waals surface area (Å²) in [5, 5.41) is 1.02. The minimum Gasteiger partial charge on any atom is -0.467 e. The van der Waals surface area contributed by atoms with Gasteiger partial charge in [0.15, 0.2) is 0 Å². The lowest BCUT2D eigenvalue weighted by Gasteiger charge is -2.09. The molecule has 5 heteroatoms. The number of rotatable bonds is 3. The van der Waals surface area contributed by atoms with Crippen molar-refractivity contribution in [1.29, 1.82) is 0 Å². The molecular formula is C9H11N3OS. The minimum absolute atomic E-state index is 0.101. The Morgan fingerprint density at radius 1 is 1.64 bits per heavy atom. The van der Waals surface area contributed by atoms with E-state index in [0.717, 1.165) is 15.6 Å². The molecule has 0 aromatic carbocycles. The summed E-state index contributed by atoms with van der Waals surface area (Å²) >= 11 is 1.61. The van der Waals surface area contributed by atoms with Crippen molar-refractivity contribution >= 4 is 11.3 Å². The lowest BCUT2D eigenvalue weighted by atomic mass is 10.2. The van der Waals surface area contributed by atoms with Gasteiger partial charge in [0.1, 0.15) is 11.8 Å². The van der Waals surface area contributed by atoms with Crippen LogP contribution < -0.4 is 11.3 Å². The predicted octanol–water partition coefficient (Wildman–Crippen LogP) is 1.60. The SMILES string of the molecule is Cc1ncc(C(NN)c2ccco2)s1. The fraction of sp³-hybridized carbons (Fsp3) is 0.222. The molecule has 4 nitrogen and oxygen atoms in total. The lowest BCUT2D eigenvalue weighted by Crippen LogP contribution is -2.27. The van der Waals surface area contributed by atoms with Crippen molar-refractivity contribution in [2.24, 2.45) is 5.84 Å². The number of nitrogens with one attached hydrogen (secondary N) is 1. The van der Waals surface area contributed by atoms with Crippen LogP contribution in [0.1, 0.15) is 21.7 Å². The minimum atomic E-state index is -0.101. The van der Waals surface area contributed by atoms with Crippen LogP contribution in [0.5, 0.6) is 0 Å². The van der Waals surface area contributed by atoms with Crippen molar-refractivity contribution in [2.75, 3.05) is 0 Å². The number of aromatic nitrogens is 1. The van der Waals surface area contributed by atoms with E-state index in [0.29, 0.717) is 0 Å². The van der Waals surface area contributed by atoms with Gasteiger partial charge in [-0.1, -0.05) is 0 Å². The molecule has 1 atom stereocenters. The predicted molar refractivity (Wildman–Crippen MR) is 54.7 cm³/mol. The molecule has 74 valence electrons. The second-order valence-electron chi connectivity index (χ2n) is 2.90. The number of aryl methyl sites for hydroxylation is 1. The van der Waals surface area contributed by atoms with Crippen molar-refractivity contribution < 1.29 is 4.42 Å². The van der Waals surface area contributed by atoms with E-state index in [9.17, 15) is 0 Å². The molecule has 0 aliphatic carbocycles. The molecule has 2 aromatic heterocycles. The van der Waals surface area contributed by atoms with E-state index >= 15 is 0 Å². The highest BCUT2D eigenvalue weighted by molar-refractivity contribution is 7.11. The van der Waals surface area contributed by atoms with Gasteiger partial charge in [0.25, 0.3) is 0 Å². The van der Waals surface area contributed by atoms with Crippen LogP contribution in [0.25, 0.3) is 0 Å². The first-order valence-electron chi connectivity index (χ1n) is 4.23. The summed E-state index contributed by atoms with van der Waals surface area (Å²) in [7, 11) is 0. The Bertz CT molecular complexity index is 396. The summed E-state index contributed by atoms with van der Waals surface area (Å²) in [5.41, 5.74) is 2.71. The number of hydrogen-bond acceptors (Lipinski definition) is 5. The standard InChI is InChI=1S/C9H11N3OS/c1-6-11-5-8(14-6)9(12-10)7-3-2-4-13-7/h2-5,9,12H,10H2,1H3. The van der Waals surface area contributed by atoms with Gasteiger partial charge < -0.3 is 4.42 Å². The summed E-state index contributed by atoms with van der Waals surface area (Å²) in [4.78, 5) is 5.23. The van der Waals surface area contributed by atoms with Gasteiger partial charge in [-0.15, -0.1) is 11.3 Å². The van der Waals surface area contributed by atoms with E-state index in [1.54, 1.807) is 17.6 Å². The number of nitrogens with zero attached hydrogens (tertiary/aromatic N) is 1. The quantitative estimate of drug-likeness (QED) is 0.595. The van der Waals surface area contributed by atoms with Crippen LogP contribution in [-0.2, 0) is 0 Å². The molecule has 0 spiro atoms. The first-order chi connectivity index (χ1) is 6.81. The van der Waals surface area contributed by atoms with Gasteiger partial charge in [0, 0.05) is 6.20 Å². The Kier molecular flexibility index (Phi) is 2.62. The number of furan rings is 1. The van der Waals surface area contributed by atoms with Crippen LogP contribution in [0.4, 0.5) is 0 Å². The van der Waals surface area contributed by atoms with Gasteiger partial charge in [-0.3, -0.25) is 5.84 Å². The smallest absolute Gasteiger partial charge is 0.127 e. The van der Waals surface area contributed by atoms with Crippen LogP contribution in [-0.4, -0.2) is 4.98 Å². The van der Waals surface area contributed by atoms with Crippen molar-refractivity contribution in [1.82, 2.24) is 10.4 Å². The maximum Gasteiger partial charge on any atom is 0.127 e. The monoisotopic (exact) mass is 209 g/mol. The molecule has 0 saturated heterocycles. The molecule has 0 radical (unpaired) electrons. The fourth-order valence-corrected chi connectivity index (χ4v) is 2.13. The highest BCUT2D eigenvalue weighted by atomic mass is 32.1. The molecule has 0 bridgehead atoms. The summed E-state index contributed by atoms with van der Waals surface area (Å²) in [6.45, 7) is 1.96. The Balaban J connectivity index is 2.31. The number of hydrogen-bond donors (Lipinski definition) is 2. The average Bonchev–Trinajstić information content (AvgIpc) is 2.79. The Morgan fingerprint density at radius 2 is 2.50 bits per heavy atom. The van der Waals surface area contributed by atoms with E-state index in [-0.39, 0.29) is 6.04 Å². The van der Waals surface area contributed by atoms with Crippen LogP contribution in [0, 0.1) is 6.92 Å². The third-order valence-corrected chi connectivity index (χ3v) is 2.90. The molecular weight excluding hydrogens is 198 g/mol. The molecule has 14 heavy (non-hydrogen) atoms. The van der Waals surface area contributed by atoms with E-state index in [1.807, 2.05) is 25.3 Å². The summed E-state index contributed by atoms with van der Waals surface area (Å²) in [6, 6.07) is 3.63. The molecule has 0 fully saturated rings. The molecule has 0 amide bonds. The van der Waals surface area contributed by atoms with Gasteiger partial charge in [0.2, 0.25) is 0 Å². The number of thiazole rings is 1. The Hall–Kier alpha value is -1.17. The highest BCUT2D eigenvalue weighted by Crippen LogP contribution is 2.26. The zero-order chi connectivity index (χ0) is 9.97. The van der Waals surface area contributed by atoms with Crippen LogP contribution in [0.15, 0.2) is 29.0 Å². The molecule has 2 rings (SSSR count). The zero-order valence-corrected chi connectivity index (χ0v) is 8.54. The molecule has 3 N–H and O–H groups in total. The molecule has 0 aliphatic rings. The largest absolute Gasteiger partial charge is 0.467 e. The van der Waals surface area contributed by atoms with Crippen molar-refractivity contribution in [3.63, 3.8) is 0 Å². The lowest BCUT2D eigenvalue weighted by molar-refractivity contribution is 0.455. The number of nitrogens with two attached hydrogens (primary N) is 1. The van der Waals surface area contributed by atoms with Crippen LogP contribution in [0.2, 0.25) is 0 Å². The topological polar surface area (TPSA) is 64.1 Å².